The Balaban J connectivity index is 2.20. The number of rotatable bonds is 3. The predicted octanol–water partition coefficient (Wildman–Crippen LogP) is 1.90. The van der Waals surface area contributed by atoms with Gasteiger partial charge in [-0.1, -0.05) is 25.6 Å². The number of nitrogens with zero attached hydrogens (tertiary/aromatic N) is 1. The summed E-state index contributed by atoms with van der Waals surface area (Å²) in [5.41, 5.74) is 0.950. The van der Waals surface area contributed by atoms with Gasteiger partial charge in [0.15, 0.2) is 11.8 Å². The number of fused-ring (bicyclic) bond motifs is 1. The maximum absolute atomic E-state index is 10.9. The zero-order chi connectivity index (χ0) is 10.1. The number of nitrogens with one attached hydrogen (secondary N) is 1. The standard InChI is InChI=1S/C9H12N2OS2/c1-6(2)14-8-7(5-12)11-3-4-13-9(11)10-8/h3-6,9-10H,1-2H3. The molecule has 0 aromatic heterocycles. The van der Waals surface area contributed by atoms with E-state index in [0.29, 0.717) is 5.25 Å². The summed E-state index contributed by atoms with van der Waals surface area (Å²) in [5.74, 6) is 0. The quantitative estimate of drug-likeness (QED) is 0.746. The molecule has 2 aliphatic heterocycles. The Bertz CT molecular complexity index is 312. The zero-order valence-electron chi connectivity index (χ0n) is 8.06. The summed E-state index contributed by atoms with van der Waals surface area (Å²) < 4.78 is 0. The fourth-order valence-electron chi connectivity index (χ4n) is 1.38. The molecular formula is C9H12N2OS2. The van der Waals surface area contributed by atoms with Gasteiger partial charge in [0, 0.05) is 11.4 Å². The van der Waals surface area contributed by atoms with Crippen LogP contribution < -0.4 is 5.32 Å². The first kappa shape index (κ1) is 9.98. The molecule has 0 amide bonds. The molecule has 5 heteroatoms. The molecule has 0 radical (unpaired) electrons. The third-order valence-corrected chi connectivity index (χ3v) is 3.83. The van der Waals surface area contributed by atoms with E-state index in [0.717, 1.165) is 17.0 Å². The molecule has 2 aliphatic rings. The van der Waals surface area contributed by atoms with Crippen LogP contribution >= 0.6 is 23.5 Å². The van der Waals surface area contributed by atoms with Crippen LogP contribution in [-0.4, -0.2) is 21.9 Å². The fraction of sp³-hybridized carbons (Fsp3) is 0.444. The van der Waals surface area contributed by atoms with E-state index < -0.39 is 0 Å². The highest BCUT2D eigenvalue weighted by Gasteiger charge is 2.32. The van der Waals surface area contributed by atoms with Crippen molar-refractivity contribution in [3.63, 3.8) is 0 Å². The van der Waals surface area contributed by atoms with Crippen molar-refractivity contribution in [3.05, 3.63) is 22.3 Å². The van der Waals surface area contributed by atoms with Crippen LogP contribution in [0, 0.1) is 0 Å². The Labute approximate surface area is 92.0 Å². The monoisotopic (exact) mass is 228 g/mol. The highest BCUT2D eigenvalue weighted by atomic mass is 32.2. The molecule has 76 valence electrons. The summed E-state index contributed by atoms with van der Waals surface area (Å²) in [6.45, 7) is 4.24. The second kappa shape index (κ2) is 3.90. The molecule has 1 atom stereocenters. The Kier molecular flexibility index (Phi) is 2.78. The lowest BCUT2D eigenvalue weighted by Gasteiger charge is -2.14. The van der Waals surface area contributed by atoms with Crippen molar-refractivity contribution in [2.45, 2.75) is 24.6 Å². The molecule has 1 unspecified atom stereocenters. The summed E-state index contributed by atoms with van der Waals surface area (Å²) in [6, 6.07) is 0. The first-order valence-corrected chi connectivity index (χ1v) is 6.27. The molecule has 0 saturated carbocycles. The molecule has 0 aromatic rings. The van der Waals surface area contributed by atoms with Gasteiger partial charge in [0.1, 0.15) is 5.70 Å². The van der Waals surface area contributed by atoms with Gasteiger partial charge in [-0.15, -0.1) is 11.8 Å². The van der Waals surface area contributed by atoms with Crippen molar-refractivity contribution < 1.29 is 4.79 Å². The van der Waals surface area contributed by atoms with Gasteiger partial charge >= 0.3 is 0 Å². The lowest BCUT2D eigenvalue weighted by molar-refractivity contribution is -0.105. The second-order valence-corrected chi connectivity index (χ2v) is 5.90. The van der Waals surface area contributed by atoms with Crippen LogP contribution in [0.15, 0.2) is 22.3 Å². The Morgan fingerprint density at radius 3 is 3.14 bits per heavy atom. The predicted molar refractivity (Wildman–Crippen MR) is 61.3 cm³/mol. The van der Waals surface area contributed by atoms with E-state index in [-0.39, 0.29) is 5.50 Å². The van der Waals surface area contributed by atoms with E-state index in [9.17, 15) is 4.79 Å². The van der Waals surface area contributed by atoms with E-state index in [1.165, 1.54) is 0 Å². The highest BCUT2D eigenvalue weighted by Crippen LogP contribution is 2.37. The molecule has 0 saturated heterocycles. The van der Waals surface area contributed by atoms with Crippen molar-refractivity contribution in [1.82, 2.24) is 10.2 Å². The van der Waals surface area contributed by atoms with Crippen molar-refractivity contribution in [3.8, 4) is 0 Å². The normalized spacial score (nSPS) is 24.5. The topological polar surface area (TPSA) is 32.3 Å². The number of hydrogen-bond acceptors (Lipinski definition) is 5. The van der Waals surface area contributed by atoms with Crippen LogP contribution in [-0.2, 0) is 4.79 Å². The first-order valence-electron chi connectivity index (χ1n) is 4.45. The van der Waals surface area contributed by atoms with Crippen molar-refractivity contribution >= 4 is 29.8 Å². The van der Waals surface area contributed by atoms with E-state index >= 15 is 0 Å². The van der Waals surface area contributed by atoms with Crippen molar-refractivity contribution in [2.24, 2.45) is 0 Å². The lowest BCUT2D eigenvalue weighted by Crippen LogP contribution is -2.27. The molecule has 3 nitrogen and oxygen atoms in total. The molecule has 0 spiro atoms. The molecule has 0 fully saturated rings. The molecule has 0 aliphatic carbocycles. The van der Waals surface area contributed by atoms with Crippen LogP contribution in [0.25, 0.3) is 0 Å². The Morgan fingerprint density at radius 2 is 2.50 bits per heavy atom. The molecule has 0 aromatic carbocycles. The summed E-state index contributed by atoms with van der Waals surface area (Å²) in [6.07, 6.45) is 2.87. The van der Waals surface area contributed by atoms with Crippen LogP contribution in [0.4, 0.5) is 0 Å². The summed E-state index contributed by atoms with van der Waals surface area (Å²) in [4.78, 5) is 12.9. The average molecular weight is 228 g/mol. The summed E-state index contributed by atoms with van der Waals surface area (Å²) in [5, 5.41) is 6.81. The number of allylic oxidation sites excluding steroid dienone is 1. The van der Waals surface area contributed by atoms with Crippen molar-refractivity contribution in [1.29, 1.82) is 0 Å². The molecular weight excluding hydrogens is 216 g/mol. The molecule has 2 rings (SSSR count). The average Bonchev–Trinajstić information content (AvgIpc) is 2.62. The first-order chi connectivity index (χ1) is 6.72. The fourth-order valence-corrected chi connectivity index (χ4v) is 3.23. The minimum Gasteiger partial charge on any atom is -0.349 e. The SMILES string of the molecule is CC(C)SC1=C(C=O)N2C=CSC2N1. The molecule has 2 heterocycles. The van der Waals surface area contributed by atoms with Gasteiger partial charge in [-0.2, -0.15) is 0 Å². The van der Waals surface area contributed by atoms with Crippen LogP contribution in [0.1, 0.15) is 13.8 Å². The van der Waals surface area contributed by atoms with Crippen LogP contribution in [0.5, 0.6) is 0 Å². The zero-order valence-corrected chi connectivity index (χ0v) is 9.69. The maximum Gasteiger partial charge on any atom is 0.169 e. The van der Waals surface area contributed by atoms with Gasteiger partial charge in [-0.3, -0.25) is 4.79 Å². The van der Waals surface area contributed by atoms with E-state index in [1.807, 2.05) is 16.5 Å². The van der Waals surface area contributed by atoms with Crippen molar-refractivity contribution in [2.75, 3.05) is 0 Å². The number of hydrogen-bond donors (Lipinski definition) is 1. The number of carbonyl (C=O) groups excluding carboxylic acids is 1. The largest absolute Gasteiger partial charge is 0.349 e. The smallest absolute Gasteiger partial charge is 0.169 e. The Morgan fingerprint density at radius 1 is 1.71 bits per heavy atom. The maximum atomic E-state index is 10.9. The molecule has 1 N–H and O–H groups in total. The second-order valence-electron chi connectivity index (χ2n) is 3.32. The van der Waals surface area contributed by atoms with Gasteiger partial charge in [-0.05, 0) is 5.41 Å². The third kappa shape index (κ3) is 1.66. The minimum absolute atomic E-state index is 0.191. The minimum atomic E-state index is 0.191. The third-order valence-electron chi connectivity index (χ3n) is 1.91. The number of carbonyl (C=O) groups is 1. The van der Waals surface area contributed by atoms with Crippen LogP contribution in [0.2, 0.25) is 0 Å². The highest BCUT2D eigenvalue weighted by molar-refractivity contribution is 8.04. The molecule has 0 bridgehead atoms. The summed E-state index contributed by atoms with van der Waals surface area (Å²) in [7, 11) is 0. The lowest BCUT2D eigenvalue weighted by atomic mass is 10.5. The van der Waals surface area contributed by atoms with Crippen LogP contribution in [0.3, 0.4) is 0 Å². The van der Waals surface area contributed by atoms with Gasteiger partial charge in [0.25, 0.3) is 0 Å². The number of thioether (sulfide) groups is 2. The number of aldehydes is 1. The molecule has 14 heavy (non-hydrogen) atoms. The van der Waals surface area contributed by atoms with E-state index in [4.69, 9.17) is 0 Å². The van der Waals surface area contributed by atoms with E-state index in [1.54, 1.807) is 23.5 Å². The van der Waals surface area contributed by atoms with Gasteiger partial charge in [0.2, 0.25) is 0 Å². The summed E-state index contributed by atoms with van der Waals surface area (Å²) >= 11 is 3.38. The Hall–Kier alpha value is -0.550. The van der Waals surface area contributed by atoms with E-state index in [2.05, 4.69) is 19.2 Å². The van der Waals surface area contributed by atoms with Gasteiger partial charge in [0.05, 0.1) is 5.03 Å². The van der Waals surface area contributed by atoms with Gasteiger partial charge in [-0.25, -0.2) is 0 Å². The van der Waals surface area contributed by atoms with Gasteiger partial charge < -0.3 is 10.2 Å².